The summed E-state index contributed by atoms with van der Waals surface area (Å²) < 4.78 is 0. The summed E-state index contributed by atoms with van der Waals surface area (Å²) >= 11 is 19.7. The Hall–Kier alpha value is -0.410. The zero-order chi connectivity index (χ0) is 12.3. The maximum Gasteiger partial charge on any atom is 0.0720 e. The van der Waals surface area contributed by atoms with E-state index in [1.807, 2.05) is 0 Å². The van der Waals surface area contributed by atoms with Gasteiger partial charge in [-0.25, -0.2) is 0 Å². The van der Waals surface area contributed by atoms with Gasteiger partial charge in [-0.15, -0.1) is 0 Å². The smallest absolute Gasteiger partial charge is 0.0720 e. The second-order valence-corrected chi connectivity index (χ2v) is 5.58. The van der Waals surface area contributed by atoms with E-state index in [0.29, 0.717) is 15.1 Å². The fourth-order valence-corrected chi connectivity index (χ4v) is 3.13. The predicted molar refractivity (Wildman–Crippen MR) is 78.0 cm³/mol. The molecule has 0 atom stereocenters. The molecule has 0 spiro atoms. The number of hydrogen-bond acceptors (Lipinski definition) is 2. The lowest BCUT2D eigenvalue weighted by Crippen LogP contribution is -2.05. The molecule has 0 radical (unpaired) electrons. The van der Waals surface area contributed by atoms with Crippen molar-refractivity contribution in [3.63, 3.8) is 0 Å². The monoisotopic (exact) mass is 305 g/mol. The van der Waals surface area contributed by atoms with Gasteiger partial charge in [-0.05, 0) is 40.9 Å². The number of hydrogen-bond donors (Lipinski definition) is 1. The van der Waals surface area contributed by atoms with Gasteiger partial charge in [-0.1, -0.05) is 34.8 Å². The molecule has 1 aromatic carbocycles. The predicted octanol–water partition coefficient (Wildman–Crippen LogP) is 5.36. The van der Waals surface area contributed by atoms with E-state index in [0.717, 1.165) is 18.7 Å². The summed E-state index contributed by atoms with van der Waals surface area (Å²) in [4.78, 5) is 0. The molecule has 0 saturated heterocycles. The van der Waals surface area contributed by atoms with E-state index in [1.165, 1.54) is 5.56 Å². The standard InChI is InChI=1S/C12H10Cl3NS/c13-9-5-10(14)12(11(15)6-9)16-3-1-8-2-4-17-7-8/h2,4-7,16H,1,3H2. The highest BCUT2D eigenvalue weighted by molar-refractivity contribution is 7.07. The molecule has 2 aromatic rings. The van der Waals surface area contributed by atoms with Crippen molar-refractivity contribution in [3.8, 4) is 0 Å². The Kier molecular flexibility index (Phi) is 4.57. The number of nitrogens with one attached hydrogen (secondary N) is 1. The first-order chi connectivity index (χ1) is 8.16. The van der Waals surface area contributed by atoms with Crippen LogP contribution in [0.3, 0.4) is 0 Å². The van der Waals surface area contributed by atoms with Gasteiger partial charge < -0.3 is 5.32 Å². The fourth-order valence-electron chi connectivity index (χ4n) is 1.48. The van der Waals surface area contributed by atoms with E-state index >= 15 is 0 Å². The third-order valence-corrected chi connectivity index (χ3v) is 3.85. The van der Waals surface area contributed by atoms with E-state index in [1.54, 1.807) is 23.5 Å². The van der Waals surface area contributed by atoms with Crippen LogP contribution in [0.4, 0.5) is 5.69 Å². The summed E-state index contributed by atoms with van der Waals surface area (Å²) in [7, 11) is 0. The van der Waals surface area contributed by atoms with E-state index < -0.39 is 0 Å². The first-order valence-electron chi connectivity index (χ1n) is 5.06. The van der Waals surface area contributed by atoms with Gasteiger partial charge in [-0.2, -0.15) is 11.3 Å². The van der Waals surface area contributed by atoms with Crippen LogP contribution in [0, 0.1) is 0 Å². The van der Waals surface area contributed by atoms with Gasteiger partial charge in [0, 0.05) is 11.6 Å². The van der Waals surface area contributed by atoms with Gasteiger partial charge in [0.1, 0.15) is 0 Å². The molecule has 0 aliphatic carbocycles. The number of thiophene rings is 1. The van der Waals surface area contributed by atoms with Crippen molar-refractivity contribution in [2.75, 3.05) is 11.9 Å². The maximum atomic E-state index is 6.07. The molecular weight excluding hydrogens is 297 g/mol. The molecule has 5 heteroatoms. The number of halogens is 3. The molecule has 1 aromatic heterocycles. The lowest BCUT2D eigenvalue weighted by atomic mass is 10.2. The minimum absolute atomic E-state index is 0.545. The summed E-state index contributed by atoms with van der Waals surface area (Å²) in [6, 6.07) is 5.47. The van der Waals surface area contributed by atoms with Crippen LogP contribution in [0.25, 0.3) is 0 Å². The SMILES string of the molecule is Clc1cc(Cl)c(NCCc2ccsc2)c(Cl)c1. The molecule has 0 unspecified atom stereocenters. The number of rotatable bonds is 4. The Morgan fingerprint density at radius 2 is 1.82 bits per heavy atom. The highest BCUT2D eigenvalue weighted by Gasteiger charge is 2.07. The van der Waals surface area contributed by atoms with Crippen molar-refractivity contribution in [1.82, 2.24) is 0 Å². The summed E-state index contributed by atoms with van der Waals surface area (Å²) in [6.07, 6.45) is 0.943. The van der Waals surface area contributed by atoms with Gasteiger partial charge in [0.05, 0.1) is 15.7 Å². The Labute approximate surface area is 119 Å². The average molecular weight is 307 g/mol. The van der Waals surface area contributed by atoms with Crippen LogP contribution < -0.4 is 5.32 Å². The molecule has 1 N–H and O–H groups in total. The summed E-state index contributed by atoms with van der Waals surface area (Å²) in [5.74, 6) is 0. The van der Waals surface area contributed by atoms with Crippen LogP contribution >= 0.6 is 46.1 Å². The molecule has 2 rings (SSSR count). The second kappa shape index (κ2) is 5.96. The van der Waals surface area contributed by atoms with Crippen LogP contribution in [-0.4, -0.2) is 6.54 Å². The van der Waals surface area contributed by atoms with E-state index in [4.69, 9.17) is 34.8 Å². The fraction of sp³-hybridized carbons (Fsp3) is 0.167. The minimum atomic E-state index is 0.545. The first-order valence-corrected chi connectivity index (χ1v) is 7.14. The maximum absolute atomic E-state index is 6.07. The first kappa shape index (κ1) is 13.0. The second-order valence-electron chi connectivity index (χ2n) is 3.55. The molecule has 17 heavy (non-hydrogen) atoms. The Morgan fingerprint density at radius 3 is 2.41 bits per heavy atom. The Balaban J connectivity index is 1.99. The quantitative estimate of drug-likeness (QED) is 0.801. The van der Waals surface area contributed by atoms with Crippen molar-refractivity contribution in [2.24, 2.45) is 0 Å². The van der Waals surface area contributed by atoms with Crippen molar-refractivity contribution in [1.29, 1.82) is 0 Å². The van der Waals surface area contributed by atoms with Crippen LogP contribution in [0.2, 0.25) is 15.1 Å². The molecule has 0 amide bonds. The summed E-state index contributed by atoms with van der Waals surface area (Å²) in [6.45, 7) is 0.789. The molecule has 0 aliphatic rings. The number of anilines is 1. The zero-order valence-corrected chi connectivity index (χ0v) is 11.9. The van der Waals surface area contributed by atoms with E-state index in [9.17, 15) is 0 Å². The highest BCUT2D eigenvalue weighted by atomic mass is 35.5. The van der Waals surface area contributed by atoms with Crippen molar-refractivity contribution < 1.29 is 0 Å². The minimum Gasteiger partial charge on any atom is -0.382 e. The van der Waals surface area contributed by atoms with Crippen LogP contribution in [-0.2, 0) is 6.42 Å². The third kappa shape index (κ3) is 3.52. The van der Waals surface area contributed by atoms with Crippen LogP contribution in [0.15, 0.2) is 29.0 Å². The molecule has 90 valence electrons. The Morgan fingerprint density at radius 1 is 1.12 bits per heavy atom. The topological polar surface area (TPSA) is 12.0 Å². The van der Waals surface area contributed by atoms with Gasteiger partial charge in [-0.3, -0.25) is 0 Å². The lowest BCUT2D eigenvalue weighted by molar-refractivity contribution is 1.03. The molecule has 0 fully saturated rings. The Bertz CT molecular complexity index is 473. The summed E-state index contributed by atoms with van der Waals surface area (Å²) in [5, 5.41) is 9.07. The molecule has 0 bridgehead atoms. The molecular formula is C12H10Cl3NS. The van der Waals surface area contributed by atoms with Crippen molar-refractivity contribution in [3.05, 3.63) is 49.6 Å². The average Bonchev–Trinajstić information content (AvgIpc) is 2.74. The van der Waals surface area contributed by atoms with E-state index in [2.05, 4.69) is 22.1 Å². The van der Waals surface area contributed by atoms with Gasteiger partial charge in [0.25, 0.3) is 0 Å². The third-order valence-electron chi connectivity index (χ3n) is 2.30. The van der Waals surface area contributed by atoms with E-state index in [-0.39, 0.29) is 0 Å². The number of benzene rings is 1. The largest absolute Gasteiger partial charge is 0.382 e. The van der Waals surface area contributed by atoms with Gasteiger partial charge >= 0.3 is 0 Å². The van der Waals surface area contributed by atoms with Gasteiger partial charge in [0.15, 0.2) is 0 Å². The van der Waals surface area contributed by atoms with Gasteiger partial charge in [0.2, 0.25) is 0 Å². The zero-order valence-electron chi connectivity index (χ0n) is 8.84. The summed E-state index contributed by atoms with van der Waals surface area (Å²) in [5.41, 5.74) is 2.05. The van der Waals surface area contributed by atoms with Crippen molar-refractivity contribution >= 4 is 51.8 Å². The van der Waals surface area contributed by atoms with Crippen molar-refractivity contribution in [2.45, 2.75) is 6.42 Å². The molecule has 1 nitrogen and oxygen atoms in total. The molecule has 1 heterocycles. The normalized spacial score (nSPS) is 10.5. The lowest BCUT2D eigenvalue weighted by Gasteiger charge is -2.10. The highest BCUT2D eigenvalue weighted by Crippen LogP contribution is 2.33. The van der Waals surface area contributed by atoms with Crippen LogP contribution in [0.5, 0.6) is 0 Å². The van der Waals surface area contributed by atoms with Crippen LogP contribution in [0.1, 0.15) is 5.56 Å². The molecule has 0 aliphatic heterocycles. The molecule has 0 saturated carbocycles.